The fourth-order valence-corrected chi connectivity index (χ4v) is 4.63. The molecule has 2 atom stereocenters. The van der Waals surface area contributed by atoms with Gasteiger partial charge in [0.25, 0.3) is 5.91 Å². The Balaban J connectivity index is 1.65. The molecule has 1 saturated heterocycles. The Hall–Kier alpha value is -3.01. The number of hydrogen-bond donors (Lipinski definition) is 1. The second kappa shape index (κ2) is 14.2. The molecule has 0 aromatic heterocycles. The first-order valence-electron chi connectivity index (χ1n) is 13.0. The number of rotatable bonds is 13. The summed E-state index contributed by atoms with van der Waals surface area (Å²) in [6.45, 7) is 9.68. The largest absolute Gasteiger partial charge is 0.493 e. The van der Waals surface area contributed by atoms with Gasteiger partial charge in [-0.25, -0.2) is 0 Å². The first-order valence-corrected chi connectivity index (χ1v) is 13.0. The number of methoxy groups -OCH3 is 3. The Morgan fingerprint density at radius 3 is 2.39 bits per heavy atom. The fraction of sp³-hybridized carbons (Fsp3) is 0.552. The third-order valence-corrected chi connectivity index (χ3v) is 6.43. The molecule has 9 nitrogen and oxygen atoms in total. The van der Waals surface area contributed by atoms with Crippen LogP contribution >= 0.6 is 0 Å². The van der Waals surface area contributed by atoms with Crippen LogP contribution in [0.2, 0.25) is 0 Å². The van der Waals surface area contributed by atoms with Gasteiger partial charge >= 0.3 is 0 Å². The normalized spacial score (nSPS) is 16.7. The number of aryl methyl sites for hydroxylation is 1. The average molecular weight is 531 g/mol. The third kappa shape index (κ3) is 7.99. The molecule has 1 fully saturated rings. The van der Waals surface area contributed by atoms with Crippen LogP contribution in [0.15, 0.2) is 36.4 Å². The zero-order valence-electron chi connectivity index (χ0n) is 23.4. The lowest BCUT2D eigenvalue weighted by Gasteiger charge is -2.37. The van der Waals surface area contributed by atoms with Crippen LogP contribution in [0.5, 0.6) is 23.0 Å². The number of carbonyl (C=O) groups excluding carboxylic acids is 1. The molecule has 1 N–H and O–H groups in total. The minimum atomic E-state index is -0.638. The summed E-state index contributed by atoms with van der Waals surface area (Å²) in [5.41, 5.74) is 1.49. The van der Waals surface area contributed by atoms with Gasteiger partial charge in [0, 0.05) is 38.3 Å². The van der Waals surface area contributed by atoms with Crippen molar-refractivity contribution in [2.24, 2.45) is 5.92 Å². The van der Waals surface area contributed by atoms with Crippen LogP contribution in [0.25, 0.3) is 0 Å². The molecule has 1 aliphatic rings. The molecular formula is C29H42N2O7. The summed E-state index contributed by atoms with van der Waals surface area (Å²) in [5, 5.41) is 10.6. The Morgan fingerprint density at radius 2 is 1.79 bits per heavy atom. The summed E-state index contributed by atoms with van der Waals surface area (Å²) >= 11 is 0. The van der Waals surface area contributed by atoms with E-state index in [1.165, 1.54) is 21.3 Å². The predicted molar refractivity (Wildman–Crippen MR) is 146 cm³/mol. The van der Waals surface area contributed by atoms with Crippen LogP contribution in [0.4, 0.5) is 0 Å². The molecule has 0 aliphatic carbocycles. The smallest absolute Gasteiger partial charge is 0.254 e. The molecule has 2 aromatic carbocycles. The fourth-order valence-electron chi connectivity index (χ4n) is 4.63. The number of amides is 1. The number of nitrogens with zero attached hydrogens (tertiary/aromatic N) is 2. The molecule has 2 unspecified atom stereocenters. The van der Waals surface area contributed by atoms with Gasteiger partial charge in [-0.2, -0.15) is 0 Å². The first kappa shape index (κ1) is 29.5. The van der Waals surface area contributed by atoms with Gasteiger partial charge in [-0.15, -0.1) is 0 Å². The molecule has 0 bridgehead atoms. The highest BCUT2D eigenvalue weighted by Crippen LogP contribution is 2.38. The van der Waals surface area contributed by atoms with Gasteiger partial charge in [0.1, 0.15) is 18.5 Å². The maximum absolute atomic E-state index is 13.6. The van der Waals surface area contributed by atoms with Gasteiger partial charge in [0.05, 0.1) is 34.0 Å². The number of morpholine rings is 1. The van der Waals surface area contributed by atoms with Crippen LogP contribution in [-0.2, 0) is 4.74 Å². The summed E-state index contributed by atoms with van der Waals surface area (Å²) < 4.78 is 28.2. The molecule has 2 aromatic rings. The zero-order valence-corrected chi connectivity index (χ0v) is 23.4. The van der Waals surface area contributed by atoms with E-state index in [1.54, 1.807) is 12.1 Å². The molecule has 9 heteroatoms. The van der Waals surface area contributed by atoms with Crippen molar-refractivity contribution in [3.05, 3.63) is 47.5 Å². The van der Waals surface area contributed by atoms with Crippen LogP contribution in [-0.4, -0.2) is 100 Å². The van der Waals surface area contributed by atoms with E-state index in [9.17, 15) is 9.90 Å². The summed E-state index contributed by atoms with van der Waals surface area (Å²) in [6.07, 6.45) is -0.820. The number of β-amino-alcohol motifs (C(OH)–C–C–N with tert-alkyl or cyclic N) is 1. The minimum absolute atomic E-state index is 0.134. The van der Waals surface area contributed by atoms with Crippen LogP contribution in [0.3, 0.4) is 0 Å². The summed E-state index contributed by atoms with van der Waals surface area (Å²) in [4.78, 5) is 17.6. The second-order valence-electron chi connectivity index (χ2n) is 10.0. The van der Waals surface area contributed by atoms with Crippen molar-refractivity contribution >= 4 is 5.91 Å². The molecule has 0 saturated carbocycles. The number of ether oxygens (including phenoxy) is 5. The molecule has 1 heterocycles. The number of aliphatic hydroxyl groups is 1. The van der Waals surface area contributed by atoms with E-state index in [1.807, 2.05) is 36.1 Å². The molecular weight excluding hydrogens is 488 g/mol. The van der Waals surface area contributed by atoms with E-state index in [0.717, 1.165) is 11.3 Å². The van der Waals surface area contributed by atoms with Crippen molar-refractivity contribution < 1.29 is 33.6 Å². The average Bonchev–Trinajstić information content (AvgIpc) is 2.90. The second-order valence-corrected chi connectivity index (χ2v) is 10.0. The first-order chi connectivity index (χ1) is 18.2. The van der Waals surface area contributed by atoms with E-state index in [-0.39, 0.29) is 24.5 Å². The van der Waals surface area contributed by atoms with E-state index in [2.05, 4.69) is 18.7 Å². The summed E-state index contributed by atoms with van der Waals surface area (Å²) in [5.74, 6) is 2.22. The third-order valence-electron chi connectivity index (χ3n) is 6.43. The van der Waals surface area contributed by atoms with Crippen molar-refractivity contribution in [2.45, 2.75) is 33.0 Å². The van der Waals surface area contributed by atoms with E-state index >= 15 is 0 Å². The van der Waals surface area contributed by atoms with Crippen molar-refractivity contribution in [2.75, 3.05) is 67.3 Å². The van der Waals surface area contributed by atoms with Gasteiger partial charge in [-0.3, -0.25) is 9.69 Å². The van der Waals surface area contributed by atoms with Gasteiger partial charge < -0.3 is 33.7 Å². The van der Waals surface area contributed by atoms with Crippen molar-refractivity contribution in [1.82, 2.24) is 9.80 Å². The number of carbonyl (C=O) groups is 1. The zero-order chi connectivity index (χ0) is 27.7. The molecule has 210 valence electrons. The Kier molecular flexibility index (Phi) is 11.1. The number of hydrogen-bond acceptors (Lipinski definition) is 8. The van der Waals surface area contributed by atoms with Crippen LogP contribution in [0, 0.1) is 12.8 Å². The minimum Gasteiger partial charge on any atom is -0.493 e. The van der Waals surface area contributed by atoms with Gasteiger partial charge in [0.2, 0.25) is 5.75 Å². The molecule has 1 aliphatic heterocycles. The maximum Gasteiger partial charge on any atom is 0.254 e. The van der Waals surface area contributed by atoms with E-state index in [4.69, 9.17) is 23.7 Å². The quantitative estimate of drug-likeness (QED) is 0.422. The van der Waals surface area contributed by atoms with Gasteiger partial charge in [-0.1, -0.05) is 32.0 Å². The predicted octanol–water partition coefficient (Wildman–Crippen LogP) is 3.26. The van der Waals surface area contributed by atoms with Gasteiger partial charge in [-0.05, 0) is 36.6 Å². The van der Waals surface area contributed by atoms with Crippen molar-refractivity contribution in [1.29, 1.82) is 0 Å². The Morgan fingerprint density at radius 1 is 1.11 bits per heavy atom. The maximum atomic E-state index is 13.6. The van der Waals surface area contributed by atoms with E-state index < -0.39 is 6.10 Å². The number of benzene rings is 2. The molecule has 3 rings (SSSR count). The summed E-state index contributed by atoms with van der Waals surface area (Å²) in [6, 6.07) is 11.1. The lowest BCUT2D eigenvalue weighted by molar-refractivity contribution is -0.0542. The number of para-hydroxylation sites is 1. The highest BCUT2D eigenvalue weighted by atomic mass is 16.5. The Bertz CT molecular complexity index is 1020. The Labute approximate surface area is 226 Å². The standard InChI is InChI=1S/C29H42N2O7/c1-20(2)15-31(29(33)22-13-26(34-4)28(36-6)27(14-22)35-5)18-24-17-30(11-12-37-24)16-23(32)19-38-25-10-8-7-9-21(25)3/h7-10,13-14,20,23-24,32H,11-12,15-19H2,1-6H3. The highest BCUT2D eigenvalue weighted by molar-refractivity contribution is 5.95. The molecule has 0 spiro atoms. The molecule has 38 heavy (non-hydrogen) atoms. The lowest BCUT2D eigenvalue weighted by Crippen LogP contribution is -2.51. The topological polar surface area (TPSA) is 89.9 Å². The SMILES string of the molecule is COc1cc(C(=O)N(CC(C)C)CC2CN(CC(O)COc3ccccc3C)CCO2)cc(OC)c1OC. The lowest BCUT2D eigenvalue weighted by atomic mass is 10.1. The molecule has 1 amide bonds. The van der Waals surface area contributed by atoms with Crippen LogP contribution < -0.4 is 18.9 Å². The highest BCUT2D eigenvalue weighted by Gasteiger charge is 2.28. The molecule has 0 radical (unpaired) electrons. The van der Waals surface area contributed by atoms with E-state index in [0.29, 0.717) is 62.1 Å². The summed E-state index contributed by atoms with van der Waals surface area (Å²) in [7, 11) is 4.59. The monoisotopic (exact) mass is 530 g/mol. The van der Waals surface area contributed by atoms with Crippen molar-refractivity contribution in [3.8, 4) is 23.0 Å². The van der Waals surface area contributed by atoms with Crippen LogP contribution in [0.1, 0.15) is 29.8 Å². The number of aliphatic hydroxyl groups excluding tert-OH is 1. The van der Waals surface area contributed by atoms with Crippen molar-refractivity contribution in [3.63, 3.8) is 0 Å². The van der Waals surface area contributed by atoms with Gasteiger partial charge in [0.15, 0.2) is 11.5 Å².